The van der Waals surface area contributed by atoms with Crippen LogP contribution in [-0.4, -0.2) is 44.1 Å². The average molecular weight is 250 g/mol. The molecule has 0 saturated heterocycles. The number of benzene rings is 1. The maximum absolute atomic E-state index is 11.4. The number of urea groups is 2. The molecule has 1 aromatic rings. The van der Waals surface area contributed by atoms with Crippen LogP contribution in [0.5, 0.6) is 0 Å². The number of nitrogens with zero attached hydrogens (tertiary/aromatic N) is 1. The molecule has 0 atom stereocenters. The Morgan fingerprint density at radius 2 is 1.67 bits per heavy atom. The van der Waals surface area contributed by atoms with Crippen LogP contribution in [0.3, 0.4) is 0 Å². The predicted molar refractivity (Wildman–Crippen MR) is 70.5 cm³/mol. The third-order valence-electron chi connectivity index (χ3n) is 2.12. The summed E-state index contributed by atoms with van der Waals surface area (Å²) >= 11 is 0. The fourth-order valence-electron chi connectivity index (χ4n) is 1.20. The maximum Gasteiger partial charge on any atom is 0.319 e. The molecule has 0 aliphatic carbocycles. The zero-order chi connectivity index (χ0) is 13.4. The molecule has 0 aliphatic rings. The number of nitrogens with one attached hydrogen (secondary N) is 3. The molecule has 1 rings (SSSR count). The summed E-state index contributed by atoms with van der Waals surface area (Å²) in [6.07, 6.45) is 0. The maximum atomic E-state index is 11.4. The van der Waals surface area contributed by atoms with Crippen LogP contribution >= 0.6 is 0 Å². The van der Waals surface area contributed by atoms with Gasteiger partial charge in [-0.15, -0.1) is 0 Å². The molecule has 18 heavy (non-hydrogen) atoms. The fraction of sp³-hybridized carbons (Fsp3) is 0.333. The topological polar surface area (TPSA) is 73.5 Å². The number of anilines is 1. The van der Waals surface area contributed by atoms with Crippen LogP contribution in [0.2, 0.25) is 0 Å². The van der Waals surface area contributed by atoms with E-state index in [1.807, 2.05) is 18.2 Å². The lowest BCUT2D eigenvalue weighted by molar-refractivity contribution is 0.217. The van der Waals surface area contributed by atoms with E-state index in [1.165, 1.54) is 4.90 Å². The Morgan fingerprint density at radius 1 is 1.06 bits per heavy atom. The molecule has 0 bridgehead atoms. The van der Waals surface area contributed by atoms with Gasteiger partial charge in [0.2, 0.25) is 0 Å². The second kappa shape index (κ2) is 7.16. The average Bonchev–Trinajstić information content (AvgIpc) is 2.35. The Balaban J connectivity index is 2.16. The summed E-state index contributed by atoms with van der Waals surface area (Å²) in [5.74, 6) is 0. The molecular formula is C12H18N4O2. The molecular weight excluding hydrogens is 232 g/mol. The molecule has 6 nitrogen and oxygen atoms in total. The van der Waals surface area contributed by atoms with Crippen molar-refractivity contribution in [3.63, 3.8) is 0 Å². The monoisotopic (exact) mass is 250 g/mol. The van der Waals surface area contributed by atoms with E-state index in [0.717, 1.165) is 5.69 Å². The van der Waals surface area contributed by atoms with E-state index in [-0.39, 0.29) is 12.1 Å². The van der Waals surface area contributed by atoms with Crippen molar-refractivity contribution in [3.05, 3.63) is 30.3 Å². The van der Waals surface area contributed by atoms with E-state index >= 15 is 0 Å². The molecule has 0 aromatic heterocycles. The van der Waals surface area contributed by atoms with Gasteiger partial charge < -0.3 is 20.9 Å². The van der Waals surface area contributed by atoms with Gasteiger partial charge in [-0.3, -0.25) is 0 Å². The lowest BCUT2D eigenvalue weighted by Gasteiger charge is -2.12. The highest BCUT2D eigenvalue weighted by Gasteiger charge is 2.02. The minimum atomic E-state index is -0.291. The summed E-state index contributed by atoms with van der Waals surface area (Å²) in [6.45, 7) is 0.761. The van der Waals surface area contributed by atoms with Crippen molar-refractivity contribution in [2.75, 3.05) is 32.5 Å². The van der Waals surface area contributed by atoms with Crippen LogP contribution in [0.1, 0.15) is 0 Å². The van der Waals surface area contributed by atoms with Crippen molar-refractivity contribution < 1.29 is 9.59 Å². The van der Waals surface area contributed by atoms with Gasteiger partial charge in [-0.1, -0.05) is 18.2 Å². The molecule has 4 amide bonds. The van der Waals surface area contributed by atoms with Crippen LogP contribution in [-0.2, 0) is 0 Å². The second-order valence-corrected chi connectivity index (χ2v) is 3.87. The van der Waals surface area contributed by atoms with Crippen molar-refractivity contribution in [1.29, 1.82) is 0 Å². The zero-order valence-electron chi connectivity index (χ0n) is 10.6. The molecule has 0 radical (unpaired) electrons. The summed E-state index contributed by atoms with van der Waals surface area (Å²) < 4.78 is 0. The number of para-hydroxylation sites is 1. The van der Waals surface area contributed by atoms with Gasteiger partial charge in [-0.2, -0.15) is 0 Å². The van der Waals surface area contributed by atoms with Gasteiger partial charge >= 0.3 is 12.1 Å². The van der Waals surface area contributed by atoms with Crippen molar-refractivity contribution in [1.82, 2.24) is 15.5 Å². The van der Waals surface area contributed by atoms with Crippen molar-refractivity contribution in [3.8, 4) is 0 Å². The summed E-state index contributed by atoms with van der Waals surface area (Å²) in [5.41, 5.74) is 0.729. The Hall–Kier alpha value is -2.24. The number of carbonyl (C=O) groups excluding carboxylic acids is 2. The van der Waals surface area contributed by atoms with Gasteiger partial charge in [0.25, 0.3) is 0 Å². The predicted octanol–water partition coefficient (Wildman–Crippen LogP) is 1.08. The first-order valence-electron chi connectivity index (χ1n) is 5.64. The number of carbonyl (C=O) groups is 2. The third-order valence-corrected chi connectivity index (χ3v) is 2.12. The molecule has 98 valence electrons. The van der Waals surface area contributed by atoms with E-state index in [2.05, 4.69) is 16.0 Å². The lowest BCUT2D eigenvalue weighted by atomic mass is 10.3. The van der Waals surface area contributed by atoms with Crippen molar-refractivity contribution in [2.45, 2.75) is 0 Å². The van der Waals surface area contributed by atoms with E-state index in [1.54, 1.807) is 26.2 Å². The first-order chi connectivity index (χ1) is 8.59. The highest BCUT2D eigenvalue weighted by Crippen LogP contribution is 2.03. The molecule has 0 fully saturated rings. The SMILES string of the molecule is CN(C)C(=O)NCCNC(=O)Nc1ccccc1. The molecule has 3 N–H and O–H groups in total. The molecule has 0 aliphatic heterocycles. The largest absolute Gasteiger partial charge is 0.336 e. The van der Waals surface area contributed by atoms with Crippen molar-refractivity contribution in [2.24, 2.45) is 0 Å². The Morgan fingerprint density at radius 3 is 2.28 bits per heavy atom. The number of hydrogen-bond donors (Lipinski definition) is 3. The number of rotatable bonds is 4. The summed E-state index contributed by atoms with van der Waals surface area (Å²) in [7, 11) is 3.32. The van der Waals surface area contributed by atoms with Gasteiger partial charge in [0.1, 0.15) is 0 Å². The van der Waals surface area contributed by atoms with E-state index in [0.29, 0.717) is 13.1 Å². The molecule has 0 unspecified atom stereocenters. The highest BCUT2D eigenvalue weighted by molar-refractivity contribution is 5.89. The zero-order valence-corrected chi connectivity index (χ0v) is 10.6. The smallest absolute Gasteiger partial charge is 0.319 e. The quantitative estimate of drug-likeness (QED) is 0.700. The van der Waals surface area contributed by atoms with Crippen LogP contribution < -0.4 is 16.0 Å². The summed E-state index contributed by atoms with van der Waals surface area (Å²) in [5, 5.41) is 7.97. The van der Waals surface area contributed by atoms with Crippen molar-refractivity contribution >= 4 is 17.7 Å². The van der Waals surface area contributed by atoms with E-state index in [4.69, 9.17) is 0 Å². The normalized spacial score (nSPS) is 9.44. The van der Waals surface area contributed by atoms with Crippen LogP contribution in [0, 0.1) is 0 Å². The van der Waals surface area contributed by atoms with Crippen LogP contribution in [0.4, 0.5) is 15.3 Å². The Kier molecular flexibility index (Phi) is 5.50. The summed E-state index contributed by atoms with van der Waals surface area (Å²) in [6, 6.07) is 8.68. The molecule has 0 heterocycles. The van der Waals surface area contributed by atoms with Crippen LogP contribution in [0.25, 0.3) is 0 Å². The highest BCUT2D eigenvalue weighted by atomic mass is 16.2. The Bertz CT molecular complexity index is 392. The van der Waals surface area contributed by atoms with Gasteiger partial charge in [0.05, 0.1) is 0 Å². The van der Waals surface area contributed by atoms with E-state index in [9.17, 15) is 9.59 Å². The molecule has 0 spiro atoms. The first kappa shape index (κ1) is 13.8. The standard InChI is InChI=1S/C12H18N4O2/c1-16(2)12(18)14-9-8-13-11(17)15-10-6-4-3-5-7-10/h3-7H,8-9H2,1-2H3,(H,14,18)(H2,13,15,17). The van der Waals surface area contributed by atoms with E-state index < -0.39 is 0 Å². The lowest BCUT2D eigenvalue weighted by Crippen LogP contribution is -2.40. The van der Waals surface area contributed by atoms with Gasteiger partial charge in [-0.05, 0) is 12.1 Å². The minimum absolute atomic E-state index is 0.180. The van der Waals surface area contributed by atoms with Gasteiger partial charge in [0.15, 0.2) is 0 Å². The fourth-order valence-corrected chi connectivity index (χ4v) is 1.20. The van der Waals surface area contributed by atoms with Crippen LogP contribution in [0.15, 0.2) is 30.3 Å². The number of hydrogen-bond acceptors (Lipinski definition) is 2. The minimum Gasteiger partial charge on any atom is -0.336 e. The van der Waals surface area contributed by atoms with Gasteiger partial charge in [0, 0.05) is 32.9 Å². The molecule has 6 heteroatoms. The van der Waals surface area contributed by atoms with Gasteiger partial charge in [-0.25, -0.2) is 9.59 Å². The second-order valence-electron chi connectivity index (χ2n) is 3.87. The molecule has 0 saturated carbocycles. The first-order valence-corrected chi connectivity index (χ1v) is 5.64. The molecule has 1 aromatic carbocycles. The Labute approximate surface area is 106 Å². The summed E-state index contributed by atoms with van der Waals surface area (Å²) in [4.78, 5) is 24.0. The number of amides is 4. The third kappa shape index (κ3) is 5.20.